The van der Waals surface area contributed by atoms with Crippen LogP contribution in [0.3, 0.4) is 0 Å². The van der Waals surface area contributed by atoms with E-state index in [4.69, 9.17) is 4.98 Å². The van der Waals surface area contributed by atoms with E-state index in [-0.39, 0.29) is 5.92 Å². The monoisotopic (exact) mass is 436 g/mol. The zero-order chi connectivity index (χ0) is 22.7. The van der Waals surface area contributed by atoms with Gasteiger partial charge in [-0.2, -0.15) is 0 Å². The number of hydrogen-bond donors (Lipinski definition) is 1. The summed E-state index contributed by atoms with van der Waals surface area (Å²) < 4.78 is 0. The van der Waals surface area contributed by atoms with E-state index in [1.54, 1.807) is 0 Å². The van der Waals surface area contributed by atoms with Crippen LogP contribution in [0.1, 0.15) is 22.9 Å². The van der Waals surface area contributed by atoms with Crippen molar-refractivity contribution in [2.75, 3.05) is 0 Å². The maximum absolute atomic E-state index is 5.27. The van der Waals surface area contributed by atoms with Crippen LogP contribution >= 0.6 is 0 Å². The van der Waals surface area contributed by atoms with E-state index in [0.29, 0.717) is 0 Å². The largest absolute Gasteiger partial charge is 0.341 e. The van der Waals surface area contributed by atoms with Gasteiger partial charge in [-0.3, -0.25) is 0 Å². The molecule has 162 valence electrons. The molecule has 0 bridgehead atoms. The first-order valence-electron chi connectivity index (χ1n) is 11.6. The Morgan fingerprint density at radius 2 is 0.912 bits per heavy atom. The van der Waals surface area contributed by atoms with Crippen molar-refractivity contribution in [3.63, 3.8) is 0 Å². The second-order valence-corrected chi connectivity index (χ2v) is 8.49. The summed E-state index contributed by atoms with van der Waals surface area (Å²) in [6.45, 7) is 0. The molecule has 0 radical (unpaired) electrons. The summed E-state index contributed by atoms with van der Waals surface area (Å²) in [5.74, 6) is 0.968. The maximum atomic E-state index is 5.27. The molecule has 34 heavy (non-hydrogen) atoms. The molecule has 0 spiro atoms. The van der Waals surface area contributed by atoms with Crippen LogP contribution in [0.5, 0.6) is 0 Å². The van der Waals surface area contributed by atoms with Gasteiger partial charge >= 0.3 is 0 Å². The van der Waals surface area contributed by atoms with Crippen molar-refractivity contribution in [1.29, 1.82) is 0 Å². The van der Waals surface area contributed by atoms with E-state index in [1.807, 2.05) is 0 Å². The molecular weight excluding hydrogens is 412 g/mol. The minimum atomic E-state index is 0.0158. The van der Waals surface area contributed by atoms with Crippen molar-refractivity contribution in [2.45, 2.75) is 5.92 Å². The molecule has 1 N–H and O–H groups in total. The molecule has 0 aliphatic carbocycles. The first-order chi connectivity index (χ1) is 16.9. The number of nitrogens with one attached hydrogen (secondary N) is 1. The van der Waals surface area contributed by atoms with Crippen LogP contribution in [-0.2, 0) is 0 Å². The van der Waals surface area contributed by atoms with Gasteiger partial charge in [-0.1, -0.05) is 133 Å². The molecule has 1 heterocycles. The van der Waals surface area contributed by atoms with E-state index in [9.17, 15) is 0 Å². The minimum Gasteiger partial charge on any atom is -0.341 e. The lowest BCUT2D eigenvalue weighted by Crippen LogP contribution is -2.05. The molecule has 0 aliphatic rings. The van der Waals surface area contributed by atoms with Gasteiger partial charge in [0.15, 0.2) is 0 Å². The molecule has 0 saturated heterocycles. The summed E-state index contributed by atoms with van der Waals surface area (Å²) in [6.07, 6.45) is 0. The van der Waals surface area contributed by atoms with E-state index >= 15 is 0 Å². The summed E-state index contributed by atoms with van der Waals surface area (Å²) in [5, 5.41) is 0. The van der Waals surface area contributed by atoms with Crippen LogP contribution in [0.4, 0.5) is 0 Å². The predicted molar refractivity (Wildman–Crippen MR) is 141 cm³/mol. The van der Waals surface area contributed by atoms with Crippen molar-refractivity contribution in [1.82, 2.24) is 9.97 Å². The molecule has 2 heteroatoms. The number of aromatic amines is 1. The molecule has 0 saturated carbocycles. The van der Waals surface area contributed by atoms with Crippen molar-refractivity contribution in [3.05, 3.63) is 150 Å². The molecule has 0 amide bonds. The minimum absolute atomic E-state index is 0.0158. The number of fused-ring (bicyclic) bond motifs is 1. The molecule has 6 aromatic rings. The second kappa shape index (κ2) is 8.84. The molecule has 2 nitrogen and oxygen atoms in total. The number of rotatable bonds is 5. The number of aromatic nitrogens is 2. The van der Waals surface area contributed by atoms with Gasteiger partial charge in [-0.25, -0.2) is 4.98 Å². The average Bonchev–Trinajstić information content (AvgIpc) is 3.35. The third kappa shape index (κ3) is 3.70. The molecule has 0 unspecified atom stereocenters. The highest BCUT2D eigenvalue weighted by atomic mass is 14.9. The van der Waals surface area contributed by atoms with Gasteiger partial charge < -0.3 is 4.98 Å². The highest BCUT2D eigenvalue weighted by Crippen LogP contribution is 2.38. The third-order valence-corrected chi connectivity index (χ3v) is 6.37. The van der Waals surface area contributed by atoms with Gasteiger partial charge in [-0.15, -0.1) is 0 Å². The SMILES string of the molecule is c1ccc(-c2ccc(-c3ccccc3)c3[nH]c(C(c4ccccc4)c4ccccc4)nc23)cc1. The van der Waals surface area contributed by atoms with Gasteiger partial charge in [0.2, 0.25) is 0 Å². The molecule has 0 atom stereocenters. The Balaban J connectivity index is 1.62. The first kappa shape index (κ1) is 20.2. The Morgan fingerprint density at radius 1 is 0.471 bits per heavy atom. The number of nitrogens with zero attached hydrogens (tertiary/aromatic N) is 1. The van der Waals surface area contributed by atoms with Crippen molar-refractivity contribution in [2.24, 2.45) is 0 Å². The van der Waals surface area contributed by atoms with Gasteiger partial charge in [0.1, 0.15) is 5.82 Å². The third-order valence-electron chi connectivity index (χ3n) is 6.37. The highest BCUT2D eigenvalue weighted by Gasteiger charge is 2.22. The van der Waals surface area contributed by atoms with E-state index < -0.39 is 0 Å². The molecule has 0 aliphatic heterocycles. The molecule has 0 fully saturated rings. The zero-order valence-electron chi connectivity index (χ0n) is 18.7. The van der Waals surface area contributed by atoms with E-state index in [0.717, 1.165) is 28.0 Å². The van der Waals surface area contributed by atoms with Crippen LogP contribution in [0, 0.1) is 0 Å². The highest BCUT2D eigenvalue weighted by molar-refractivity contribution is 6.01. The van der Waals surface area contributed by atoms with Crippen molar-refractivity contribution >= 4 is 11.0 Å². The lowest BCUT2D eigenvalue weighted by Gasteiger charge is -2.15. The van der Waals surface area contributed by atoms with Gasteiger partial charge in [0, 0.05) is 11.1 Å². The van der Waals surface area contributed by atoms with Crippen LogP contribution in [0.15, 0.2) is 133 Å². The zero-order valence-corrected chi connectivity index (χ0v) is 18.7. The fourth-order valence-corrected chi connectivity index (χ4v) is 4.76. The number of imidazole rings is 1. The lowest BCUT2D eigenvalue weighted by molar-refractivity contribution is 0.891. The Hall–Kier alpha value is -4.43. The van der Waals surface area contributed by atoms with Crippen LogP contribution in [0.25, 0.3) is 33.3 Å². The van der Waals surface area contributed by atoms with Gasteiger partial charge in [0.05, 0.1) is 17.0 Å². The summed E-state index contributed by atoms with van der Waals surface area (Å²) in [5.41, 5.74) is 9.15. The van der Waals surface area contributed by atoms with Crippen molar-refractivity contribution < 1.29 is 0 Å². The van der Waals surface area contributed by atoms with Crippen LogP contribution in [0.2, 0.25) is 0 Å². The predicted octanol–water partition coefficient (Wildman–Crippen LogP) is 8.08. The van der Waals surface area contributed by atoms with Gasteiger partial charge in [0.25, 0.3) is 0 Å². The van der Waals surface area contributed by atoms with E-state index in [1.165, 1.54) is 22.3 Å². The number of hydrogen-bond acceptors (Lipinski definition) is 1. The standard InChI is InChI=1S/C32H24N2/c1-5-13-23(14-6-1)27-21-22-28(24-15-7-2-8-16-24)31-30(27)33-32(34-31)29(25-17-9-3-10-18-25)26-19-11-4-12-20-26/h1-22,29H,(H,33,34). The first-order valence-corrected chi connectivity index (χ1v) is 11.6. The number of benzene rings is 5. The molecule has 1 aromatic heterocycles. The fourth-order valence-electron chi connectivity index (χ4n) is 4.76. The lowest BCUT2D eigenvalue weighted by atomic mass is 9.91. The summed E-state index contributed by atoms with van der Waals surface area (Å²) in [6, 6.07) is 46.7. The Morgan fingerprint density at radius 3 is 1.44 bits per heavy atom. The summed E-state index contributed by atoms with van der Waals surface area (Å²) >= 11 is 0. The van der Waals surface area contributed by atoms with Gasteiger partial charge in [-0.05, 0) is 22.3 Å². The fraction of sp³-hybridized carbons (Fsp3) is 0.0312. The average molecular weight is 437 g/mol. The summed E-state index contributed by atoms with van der Waals surface area (Å²) in [7, 11) is 0. The Bertz CT molecular complexity index is 1400. The second-order valence-electron chi connectivity index (χ2n) is 8.49. The smallest absolute Gasteiger partial charge is 0.119 e. The molecular formula is C32H24N2. The normalized spacial score (nSPS) is 11.2. The summed E-state index contributed by atoms with van der Waals surface area (Å²) in [4.78, 5) is 9.03. The molecule has 5 aromatic carbocycles. The van der Waals surface area contributed by atoms with Crippen LogP contribution < -0.4 is 0 Å². The van der Waals surface area contributed by atoms with E-state index in [2.05, 4.69) is 138 Å². The Labute approximate surface area is 199 Å². The molecule has 6 rings (SSSR count). The Kier molecular flexibility index (Phi) is 5.25. The topological polar surface area (TPSA) is 28.7 Å². The quantitative estimate of drug-likeness (QED) is 0.291. The number of H-pyrrole nitrogens is 1. The van der Waals surface area contributed by atoms with Crippen molar-refractivity contribution in [3.8, 4) is 22.3 Å². The van der Waals surface area contributed by atoms with Crippen LogP contribution in [-0.4, -0.2) is 9.97 Å². The maximum Gasteiger partial charge on any atom is 0.119 e.